The molecular formula is C43H55FO8. The lowest BCUT2D eigenvalue weighted by Crippen LogP contribution is -2.70. The largest absolute Gasteiger partial charge is 0.458 e. The highest BCUT2D eigenvalue weighted by atomic mass is 19.1. The molecule has 0 amide bonds. The number of ether oxygens (including phenoxy) is 2. The Morgan fingerprint density at radius 2 is 1.77 bits per heavy atom. The summed E-state index contributed by atoms with van der Waals surface area (Å²) in [4.78, 5) is 52.6. The van der Waals surface area contributed by atoms with Crippen molar-refractivity contribution in [2.45, 2.75) is 124 Å². The molecule has 0 spiro atoms. The number of ketones is 2. The number of allylic oxidation sites excluding steroid dienone is 13. The Balaban J connectivity index is 1.57. The van der Waals surface area contributed by atoms with Crippen LogP contribution in [-0.2, 0) is 28.7 Å². The zero-order chi connectivity index (χ0) is 38.4. The maximum atomic E-state index is 18.8. The molecule has 3 saturated carbocycles. The maximum Gasteiger partial charge on any atom is 0.316 e. The van der Waals surface area contributed by atoms with E-state index in [0.717, 1.165) is 42.1 Å². The highest BCUT2D eigenvalue weighted by Crippen LogP contribution is 2.70. The highest BCUT2D eigenvalue weighted by Gasteiger charge is 2.77. The molecule has 0 aromatic heterocycles. The van der Waals surface area contributed by atoms with Crippen LogP contribution in [0.1, 0.15) is 100 Å². The van der Waals surface area contributed by atoms with Crippen LogP contribution < -0.4 is 0 Å². The van der Waals surface area contributed by atoms with Crippen molar-refractivity contribution in [2.75, 3.05) is 6.61 Å². The van der Waals surface area contributed by atoms with Gasteiger partial charge in [-0.2, -0.15) is 0 Å². The lowest BCUT2D eigenvalue weighted by molar-refractivity contribution is -0.235. The van der Waals surface area contributed by atoms with Crippen molar-refractivity contribution in [3.8, 4) is 0 Å². The van der Waals surface area contributed by atoms with E-state index in [1.54, 1.807) is 19.9 Å². The van der Waals surface area contributed by atoms with Gasteiger partial charge in [0.2, 0.25) is 5.78 Å². The minimum Gasteiger partial charge on any atom is -0.458 e. The van der Waals surface area contributed by atoms with E-state index in [-0.39, 0.29) is 25.0 Å². The molecule has 1 unspecified atom stereocenters. The number of fused-ring (bicyclic) bond motifs is 5. The van der Waals surface area contributed by atoms with Crippen molar-refractivity contribution in [3.05, 3.63) is 82.5 Å². The summed E-state index contributed by atoms with van der Waals surface area (Å²) in [5.41, 5.74) is -3.97. The van der Waals surface area contributed by atoms with E-state index in [4.69, 9.17) is 9.47 Å². The molecule has 0 aliphatic heterocycles. The molecule has 52 heavy (non-hydrogen) atoms. The molecule has 0 heterocycles. The summed E-state index contributed by atoms with van der Waals surface area (Å²) >= 11 is 0. The first-order valence-corrected chi connectivity index (χ1v) is 18.6. The first kappa shape index (κ1) is 39.5. The number of halogens is 1. The third-order valence-electron chi connectivity index (χ3n) is 13.3. The lowest BCUT2D eigenvalue weighted by Gasteiger charge is -2.63. The van der Waals surface area contributed by atoms with Crippen LogP contribution in [0.2, 0.25) is 0 Å². The zero-order valence-corrected chi connectivity index (χ0v) is 31.9. The van der Waals surface area contributed by atoms with Crippen molar-refractivity contribution in [2.24, 2.45) is 28.1 Å². The smallest absolute Gasteiger partial charge is 0.316 e. The Morgan fingerprint density at radius 3 is 2.44 bits per heavy atom. The fourth-order valence-electron chi connectivity index (χ4n) is 10.1. The van der Waals surface area contributed by atoms with Gasteiger partial charge in [0, 0.05) is 23.7 Å². The number of carbonyl (C=O) groups is 4. The van der Waals surface area contributed by atoms with Crippen LogP contribution in [0.4, 0.5) is 4.39 Å². The van der Waals surface area contributed by atoms with Crippen molar-refractivity contribution in [1.29, 1.82) is 0 Å². The van der Waals surface area contributed by atoms with Crippen LogP contribution in [0, 0.1) is 28.1 Å². The predicted octanol–water partition coefficient (Wildman–Crippen LogP) is 7.27. The number of hydrogen-bond donors (Lipinski definition) is 2. The normalized spacial score (nSPS) is 39.3. The SMILES string of the molecule is CC=C(C)C=CC=C(C)C=CC1=C(C)CCCC1(C)C(=O)O[C@H]1C[C@@]2(C)[C@@H](C[C@@H](O)[C@]2(O)C(=O)COC(C)=O)[C@@H]2CCC3=CC(=O)C=C[C@]3(C)[C@@]12F. The summed E-state index contributed by atoms with van der Waals surface area (Å²) in [6.07, 6.45) is 15.6. The summed E-state index contributed by atoms with van der Waals surface area (Å²) in [5.74, 6) is -3.99. The molecule has 9 atom stereocenters. The number of alkyl halides is 1. The van der Waals surface area contributed by atoms with Gasteiger partial charge in [-0.15, -0.1) is 0 Å². The van der Waals surface area contributed by atoms with Crippen molar-refractivity contribution in [1.82, 2.24) is 0 Å². The lowest BCUT2D eigenvalue weighted by atomic mass is 9.44. The number of rotatable bonds is 9. The van der Waals surface area contributed by atoms with Gasteiger partial charge < -0.3 is 19.7 Å². The summed E-state index contributed by atoms with van der Waals surface area (Å²) in [7, 11) is 0. The van der Waals surface area contributed by atoms with Gasteiger partial charge in [0.25, 0.3) is 0 Å². The van der Waals surface area contributed by atoms with Gasteiger partial charge in [0.15, 0.2) is 23.7 Å². The standard InChI is InChI=1S/C43H55FO8/c1-9-26(2)12-10-13-27(3)15-17-32-28(4)14-11-20-39(32,6)38(49)52-37-24-41(8)34(23-35(47)43(41,50)36(48)25-51-29(5)45)33-18-16-30-22-31(46)19-21-40(30,7)42(33,37)44/h9-10,12-13,15,17,19,21-22,33-35,37,47,50H,11,14,16,18,20,23-25H2,1-8H3/t33-,34-,35+,37-,39?,40-,41-,42-,43-/m0/s1. The van der Waals surface area contributed by atoms with Gasteiger partial charge in [-0.3, -0.25) is 19.2 Å². The molecule has 8 nitrogen and oxygen atoms in total. The third-order valence-corrected chi connectivity index (χ3v) is 13.3. The number of hydrogen-bond acceptors (Lipinski definition) is 8. The van der Waals surface area contributed by atoms with Crippen LogP contribution in [-0.4, -0.2) is 63.8 Å². The Labute approximate surface area is 307 Å². The summed E-state index contributed by atoms with van der Waals surface area (Å²) in [6, 6.07) is 0. The van der Waals surface area contributed by atoms with Gasteiger partial charge in [-0.05, 0) is 110 Å². The third kappa shape index (κ3) is 6.25. The molecule has 282 valence electrons. The predicted molar refractivity (Wildman–Crippen MR) is 196 cm³/mol. The number of Topliss-reactive ketones (excluding diaryl/α,β-unsaturated/α-hetero) is 1. The van der Waals surface area contributed by atoms with E-state index < -0.39 is 75.9 Å². The number of aliphatic hydroxyl groups excluding tert-OH is 1. The molecule has 0 bridgehead atoms. The van der Waals surface area contributed by atoms with Crippen LogP contribution >= 0.6 is 0 Å². The topological polar surface area (TPSA) is 127 Å². The molecular weight excluding hydrogens is 663 g/mol. The zero-order valence-electron chi connectivity index (χ0n) is 31.9. The number of carbonyl (C=O) groups excluding carboxylic acids is 4. The second-order valence-electron chi connectivity index (χ2n) is 16.4. The second-order valence-corrected chi connectivity index (χ2v) is 16.4. The highest BCUT2D eigenvalue weighted by molar-refractivity contribution is 6.01. The Hall–Kier alpha value is -3.69. The average Bonchev–Trinajstić information content (AvgIpc) is 3.29. The first-order chi connectivity index (χ1) is 24.3. The van der Waals surface area contributed by atoms with E-state index >= 15 is 4.39 Å². The summed E-state index contributed by atoms with van der Waals surface area (Å²) in [5, 5.41) is 23.6. The Bertz CT molecular complexity index is 1740. The first-order valence-electron chi connectivity index (χ1n) is 18.6. The van der Waals surface area contributed by atoms with Crippen LogP contribution in [0.25, 0.3) is 0 Å². The molecule has 0 aromatic rings. The van der Waals surface area contributed by atoms with Crippen LogP contribution in [0.15, 0.2) is 82.5 Å². The number of aliphatic hydroxyl groups is 2. The summed E-state index contributed by atoms with van der Waals surface area (Å²) in [6.45, 7) is 13.6. The van der Waals surface area contributed by atoms with Gasteiger partial charge in [-0.1, -0.05) is 71.7 Å². The van der Waals surface area contributed by atoms with Crippen LogP contribution in [0.5, 0.6) is 0 Å². The average molecular weight is 719 g/mol. The summed E-state index contributed by atoms with van der Waals surface area (Å²) < 4.78 is 30.2. The second kappa shape index (κ2) is 14.3. The Morgan fingerprint density at radius 1 is 1.06 bits per heavy atom. The fourth-order valence-corrected chi connectivity index (χ4v) is 10.1. The minimum absolute atomic E-state index is 0.0709. The molecule has 5 aliphatic carbocycles. The van der Waals surface area contributed by atoms with Crippen molar-refractivity contribution < 1.29 is 43.3 Å². The quantitative estimate of drug-likeness (QED) is 0.188. The molecule has 0 radical (unpaired) electrons. The van der Waals surface area contributed by atoms with E-state index in [0.29, 0.717) is 18.4 Å². The molecule has 3 fully saturated rings. The monoisotopic (exact) mass is 718 g/mol. The molecule has 2 N–H and O–H groups in total. The minimum atomic E-state index is -2.39. The molecule has 0 aromatic carbocycles. The van der Waals surface area contributed by atoms with Gasteiger partial charge in [0.1, 0.15) is 6.10 Å². The van der Waals surface area contributed by atoms with E-state index in [1.165, 1.54) is 12.2 Å². The van der Waals surface area contributed by atoms with Gasteiger partial charge in [-0.25, -0.2) is 4.39 Å². The fraction of sp³-hybridized carbons (Fsp3) is 0.581. The van der Waals surface area contributed by atoms with E-state index in [1.807, 2.05) is 71.1 Å². The van der Waals surface area contributed by atoms with Gasteiger partial charge in [0.05, 0.1) is 11.5 Å². The molecule has 5 aliphatic rings. The van der Waals surface area contributed by atoms with Crippen LogP contribution in [0.3, 0.4) is 0 Å². The van der Waals surface area contributed by atoms with Gasteiger partial charge >= 0.3 is 11.9 Å². The maximum absolute atomic E-state index is 18.8. The van der Waals surface area contributed by atoms with E-state index in [9.17, 15) is 29.4 Å². The molecule has 0 saturated heterocycles. The Kier molecular flexibility index (Phi) is 10.8. The van der Waals surface area contributed by atoms with Crippen molar-refractivity contribution in [3.63, 3.8) is 0 Å². The molecule has 9 heteroatoms. The van der Waals surface area contributed by atoms with E-state index in [2.05, 4.69) is 0 Å². The number of esters is 2. The van der Waals surface area contributed by atoms with Crippen molar-refractivity contribution >= 4 is 23.5 Å². The molecule has 5 rings (SSSR count).